The van der Waals surface area contributed by atoms with Crippen molar-refractivity contribution >= 4 is 23.2 Å². The third-order valence-electron chi connectivity index (χ3n) is 4.86. The molecule has 4 rings (SSSR count). The number of likely N-dealkylation sites (N-methyl/N-ethyl adjacent to an activating group) is 1. The predicted octanol–water partition coefficient (Wildman–Crippen LogP) is 1.18. The van der Waals surface area contributed by atoms with Crippen LogP contribution in [0.25, 0.3) is 0 Å². The van der Waals surface area contributed by atoms with Crippen molar-refractivity contribution in [1.82, 2.24) is 20.2 Å². The van der Waals surface area contributed by atoms with Crippen molar-refractivity contribution in [2.75, 3.05) is 57.6 Å². The lowest BCUT2D eigenvalue weighted by atomic mass is 10.0. The second-order valence-corrected chi connectivity index (χ2v) is 6.95. The number of amides is 1. The molecule has 0 spiro atoms. The maximum absolute atomic E-state index is 12.2. The Labute approximate surface area is 163 Å². The Kier molecular flexibility index (Phi) is 5.16. The molecule has 0 saturated carbocycles. The fourth-order valence-corrected chi connectivity index (χ4v) is 3.60. The number of nitrogens with zero attached hydrogens (tertiary/aromatic N) is 3. The second-order valence-electron chi connectivity index (χ2n) is 6.95. The number of carbonyl (C=O) groups excluding carboxylic acids is 1. The van der Waals surface area contributed by atoms with Gasteiger partial charge in [-0.1, -0.05) is 0 Å². The van der Waals surface area contributed by atoms with E-state index in [2.05, 4.69) is 25.9 Å². The Balaban J connectivity index is 1.70. The molecular weight excluding hydrogens is 360 g/mol. The van der Waals surface area contributed by atoms with Gasteiger partial charge in [0.05, 0.1) is 20.2 Å². The van der Waals surface area contributed by atoms with Crippen molar-refractivity contribution in [3.63, 3.8) is 0 Å². The van der Waals surface area contributed by atoms with Crippen LogP contribution in [0.4, 0.5) is 17.3 Å². The molecule has 0 saturated heterocycles. The summed E-state index contributed by atoms with van der Waals surface area (Å²) in [6.45, 7) is 2.57. The first-order valence-electron chi connectivity index (χ1n) is 9.26. The Hall–Kier alpha value is -3.07. The second kappa shape index (κ2) is 7.89. The number of methoxy groups -OCH3 is 1. The summed E-state index contributed by atoms with van der Waals surface area (Å²) < 4.78 is 11.2. The van der Waals surface area contributed by atoms with Crippen molar-refractivity contribution in [2.45, 2.75) is 5.92 Å². The zero-order chi connectivity index (χ0) is 19.5. The maximum atomic E-state index is 12.2. The van der Waals surface area contributed by atoms with E-state index >= 15 is 0 Å². The monoisotopic (exact) mass is 384 g/mol. The molecule has 0 fully saturated rings. The molecule has 1 aromatic heterocycles. The van der Waals surface area contributed by atoms with Gasteiger partial charge in [0.2, 0.25) is 5.91 Å². The highest BCUT2D eigenvalue weighted by Crippen LogP contribution is 2.37. The van der Waals surface area contributed by atoms with Crippen LogP contribution in [0, 0.1) is 0 Å². The molecule has 1 aromatic carbocycles. The van der Waals surface area contributed by atoms with Gasteiger partial charge in [0.15, 0.2) is 11.5 Å². The molecular formula is C19H24N6O3. The van der Waals surface area contributed by atoms with Crippen molar-refractivity contribution in [3.8, 4) is 11.5 Å². The van der Waals surface area contributed by atoms with E-state index in [-0.39, 0.29) is 11.8 Å². The first-order valence-corrected chi connectivity index (χ1v) is 9.26. The number of carbonyl (C=O) groups is 1. The predicted molar refractivity (Wildman–Crippen MR) is 106 cm³/mol. The topological polar surface area (TPSA) is 101 Å². The van der Waals surface area contributed by atoms with Crippen LogP contribution in [-0.2, 0) is 4.79 Å². The molecule has 0 aliphatic carbocycles. The minimum absolute atomic E-state index is 0.0319. The van der Waals surface area contributed by atoms with Crippen molar-refractivity contribution in [1.29, 1.82) is 0 Å². The highest BCUT2D eigenvalue weighted by Gasteiger charge is 2.29. The first-order chi connectivity index (χ1) is 13.6. The van der Waals surface area contributed by atoms with Crippen LogP contribution in [0.5, 0.6) is 11.5 Å². The lowest BCUT2D eigenvalue weighted by Crippen LogP contribution is -2.38. The van der Waals surface area contributed by atoms with Crippen LogP contribution in [0.1, 0.15) is 11.5 Å². The normalized spacial score (nSPS) is 19.8. The number of ether oxygens (including phenoxy) is 2. The Morgan fingerprint density at radius 1 is 1.25 bits per heavy atom. The van der Waals surface area contributed by atoms with Crippen LogP contribution in [-0.4, -0.2) is 67.7 Å². The molecule has 2 aliphatic rings. The van der Waals surface area contributed by atoms with E-state index in [0.717, 1.165) is 36.0 Å². The van der Waals surface area contributed by atoms with Gasteiger partial charge in [-0.25, -0.2) is 9.97 Å². The SMILES string of the molecule is COc1ccc2cc1OCCNC(=O)CN(C)CC1CNc3ncnc(c31)N2. The molecule has 1 atom stereocenters. The number of hydrogen-bond acceptors (Lipinski definition) is 8. The summed E-state index contributed by atoms with van der Waals surface area (Å²) in [5, 5.41) is 9.62. The number of anilines is 3. The Bertz CT molecular complexity index is 875. The molecule has 3 heterocycles. The summed E-state index contributed by atoms with van der Waals surface area (Å²) in [7, 11) is 3.54. The van der Waals surface area contributed by atoms with E-state index in [1.807, 2.05) is 30.1 Å². The van der Waals surface area contributed by atoms with Gasteiger partial charge in [-0.05, 0) is 19.2 Å². The van der Waals surface area contributed by atoms with Gasteiger partial charge in [-0.2, -0.15) is 0 Å². The Morgan fingerprint density at radius 3 is 2.96 bits per heavy atom. The van der Waals surface area contributed by atoms with Gasteiger partial charge < -0.3 is 25.4 Å². The van der Waals surface area contributed by atoms with Gasteiger partial charge >= 0.3 is 0 Å². The average molecular weight is 384 g/mol. The zero-order valence-corrected chi connectivity index (χ0v) is 16.0. The number of fused-ring (bicyclic) bond motifs is 2. The highest BCUT2D eigenvalue weighted by atomic mass is 16.5. The quantitative estimate of drug-likeness (QED) is 0.674. The molecule has 2 aromatic rings. The molecule has 1 unspecified atom stereocenters. The summed E-state index contributed by atoms with van der Waals surface area (Å²) in [5.74, 6) is 2.96. The molecule has 3 N–H and O–H groups in total. The van der Waals surface area contributed by atoms with Crippen LogP contribution < -0.4 is 25.4 Å². The van der Waals surface area contributed by atoms with E-state index in [4.69, 9.17) is 9.47 Å². The third kappa shape index (κ3) is 3.79. The molecule has 2 aliphatic heterocycles. The van der Waals surface area contributed by atoms with Gasteiger partial charge in [0.25, 0.3) is 0 Å². The third-order valence-corrected chi connectivity index (χ3v) is 4.86. The maximum Gasteiger partial charge on any atom is 0.234 e. The summed E-state index contributed by atoms with van der Waals surface area (Å²) >= 11 is 0. The number of nitrogens with one attached hydrogen (secondary N) is 3. The van der Waals surface area contributed by atoms with Crippen LogP contribution in [0.15, 0.2) is 24.5 Å². The van der Waals surface area contributed by atoms with Crippen molar-refractivity contribution in [3.05, 3.63) is 30.1 Å². The van der Waals surface area contributed by atoms with E-state index < -0.39 is 0 Å². The van der Waals surface area contributed by atoms with Crippen molar-refractivity contribution < 1.29 is 14.3 Å². The molecule has 28 heavy (non-hydrogen) atoms. The molecule has 148 valence electrons. The van der Waals surface area contributed by atoms with E-state index in [1.54, 1.807) is 13.4 Å². The van der Waals surface area contributed by atoms with E-state index in [9.17, 15) is 4.79 Å². The first kappa shape index (κ1) is 18.3. The minimum atomic E-state index is -0.0319. The molecule has 0 radical (unpaired) electrons. The van der Waals surface area contributed by atoms with Crippen molar-refractivity contribution in [2.24, 2.45) is 0 Å². The molecule has 9 nitrogen and oxygen atoms in total. The standard InChI is InChI=1S/C19H24N6O3/c1-25-9-12-8-21-18-17(12)19(23-11-22-18)24-13-3-4-14(27-2)15(7-13)28-6-5-20-16(26)10-25/h3-4,7,11-12H,5-6,8-10H2,1-2H3,(H,20,26)(H2,21,22,23,24). The lowest BCUT2D eigenvalue weighted by molar-refractivity contribution is -0.122. The van der Waals surface area contributed by atoms with E-state index in [0.29, 0.717) is 31.2 Å². The molecule has 2 bridgehead atoms. The van der Waals surface area contributed by atoms with E-state index in [1.165, 1.54) is 0 Å². The Morgan fingerprint density at radius 2 is 2.11 bits per heavy atom. The molecule has 1 amide bonds. The van der Waals surface area contributed by atoms with Gasteiger partial charge in [0.1, 0.15) is 24.6 Å². The van der Waals surface area contributed by atoms with Gasteiger partial charge in [0, 0.05) is 36.3 Å². The summed E-state index contributed by atoms with van der Waals surface area (Å²) in [6, 6.07) is 5.64. The fourth-order valence-electron chi connectivity index (χ4n) is 3.60. The fraction of sp³-hybridized carbons (Fsp3) is 0.421. The van der Waals surface area contributed by atoms with Gasteiger partial charge in [-0.15, -0.1) is 0 Å². The zero-order valence-electron chi connectivity index (χ0n) is 16.0. The van der Waals surface area contributed by atoms with Crippen LogP contribution in [0.3, 0.4) is 0 Å². The molecule has 9 heteroatoms. The minimum Gasteiger partial charge on any atom is -0.493 e. The summed E-state index contributed by atoms with van der Waals surface area (Å²) in [5.41, 5.74) is 1.87. The smallest absolute Gasteiger partial charge is 0.234 e. The largest absolute Gasteiger partial charge is 0.493 e. The van der Waals surface area contributed by atoms with Gasteiger partial charge in [-0.3, -0.25) is 9.69 Å². The summed E-state index contributed by atoms with van der Waals surface area (Å²) in [4.78, 5) is 23.0. The van der Waals surface area contributed by atoms with Crippen LogP contribution >= 0.6 is 0 Å². The number of hydrogen-bond donors (Lipinski definition) is 3. The van der Waals surface area contributed by atoms with Crippen LogP contribution in [0.2, 0.25) is 0 Å². The number of benzene rings is 1. The number of rotatable bonds is 1. The average Bonchev–Trinajstić information content (AvgIpc) is 3.08. The summed E-state index contributed by atoms with van der Waals surface area (Å²) in [6.07, 6.45) is 1.54. The lowest BCUT2D eigenvalue weighted by Gasteiger charge is -2.21. The number of aromatic nitrogens is 2. The highest BCUT2D eigenvalue weighted by molar-refractivity contribution is 5.78.